The molecule has 0 unspecified atom stereocenters. The quantitative estimate of drug-likeness (QED) is 0.611. The van der Waals surface area contributed by atoms with Crippen LogP contribution in [-0.2, 0) is 4.79 Å². The molecule has 0 spiro atoms. The first-order valence-corrected chi connectivity index (χ1v) is 10.4. The van der Waals surface area contributed by atoms with Gasteiger partial charge in [0.2, 0.25) is 0 Å². The van der Waals surface area contributed by atoms with Gasteiger partial charge >= 0.3 is 5.97 Å². The van der Waals surface area contributed by atoms with Gasteiger partial charge in [0.15, 0.2) is 5.13 Å². The predicted octanol–water partition coefficient (Wildman–Crippen LogP) is 1.13. The number of amides is 1. The summed E-state index contributed by atoms with van der Waals surface area (Å²) in [5.41, 5.74) is 7.36. The van der Waals surface area contributed by atoms with Crippen LogP contribution in [0.2, 0.25) is 0 Å². The van der Waals surface area contributed by atoms with E-state index < -0.39 is 12.0 Å². The molecule has 1 aliphatic heterocycles. The van der Waals surface area contributed by atoms with Crippen molar-refractivity contribution in [1.29, 1.82) is 0 Å². The molecule has 0 radical (unpaired) electrons. The molecule has 1 aliphatic rings. The first kappa shape index (κ1) is 21.0. The molecule has 1 amide bonds. The van der Waals surface area contributed by atoms with Crippen LogP contribution < -0.4 is 20.9 Å². The lowest BCUT2D eigenvalue weighted by atomic mass is 10.1. The fraction of sp³-hybridized carbons (Fsp3) is 0.474. The number of anilines is 2. The average Bonchev–Trinajstić information content (AvgIpc) is 3.18. The van der Waals surface area contributed by atoms with Crippen molar-refractivity contribution in [2.75, 3.05) is 42.5 Å². The van der Waals surface area contributed by atoms with Crippen molar-refractivity contribution < 1.29 is 14.7 Å². The van der Waals surface area contributed by atoms with E-state index in [9.17, 15) is 9.59 Å². The number of carbonyl (C=O) groups is 2. The lowest BCUT2D eigenvalue weighted by Gasteiger charge is -2.35. The Labute approximate surface area is 173 Å². The third-order valence-electron chi connectivity index (χ3n) is 4.77. The molecule has 2 aromatic rings. The van der Waals surface area contributed by atoms with Gasteiger partial charge in [0.05, 0.1) is 5.69 Å². The van der Waals surface area contributed by atoms with E-state index >= 15 is 0 Å². The molecular weight excluding hydrogens is 392 g/mol. The standard InChI is InChI=1S/C19H26N6O3S/c1-12(2)15-16(17(26)22-11-14(20)18(27)28)29-19(23-15)25-9-7-24(8-10-25)13-3-5-21-6-4-13/h3-6,12,14H,7-11,20H2,1-2H3,(H,22,26)(H,27,28)/t14-/m0/s1. The average molecular weight is 419 g/mol. The van der Waals surface area contributed by atoms with E-state index in [1.165, 1.54) is 11.3 Å². The van der Waals surface area contributed by atoms with E-state index in [-0.39, 0.29) is 18.4 Å². The maximum atomic E-state index is 12.6. The highest BCUT2D eigenvalue weighted by atomic mass is 32.1. The third kappa shape index (κ3) is 5.01. The lowest BCUT2D eigenvalue weighted by Crippen LogP contribution is -2.46. The molecule has 1 atom stereocenters. The number of hydrogen-bond donors (Lipinski definition) is 3. The minimum atomic E-state index is -1.15. The van der Waals surface area contributed by atoms with Crippen LogP contribution in [0.15, 0.2) is 24.5 Å². The summed E-state index contributed by atoms with van der Waals surface area (Å²) in [7, 11) is 0. The molecule has 2 aromatic heterocycles. The highest BCUT2D eigenvalue weighted by Crippen LogP contribution is 2.31. The van der Waals surface area contributed by atoms with Gasteiger partial charge in [0.25, 0.3) is 5.91 Å². The van der Waals surface area contributed by atoms with Crippen LogP contribution in [0, 0.1) is 0 Å². The van der Waals surface area contributed by atoms with Crippen molar-refractivity contribution in [3.05, 3.63) is 35.1 Å². The van der Waals surface area contributed by atoms with Crippen molar-refractivity contribution in [1.82, 2.24) is 15.3 Å². The number of nitrogens with zero attached hydrogens (tertiary/aromatic N) is 4. The molecule has 9 nitrogen and oxygen atoms in total. The summed E-state index contributed by atoms with van der Waals surface area (Å²) in [6.45, 7) is 7.17. The Hall–Kier alpha value is -2.72. The van der Waals surface area contributed by atoms with Crippen LogP contribution in [-0.4, -0.2) is 65.7 Å². The van der Waals surface area contributed by atoms with Crippen LogP contribution in [0.1, 0.15) is 35.1 Å². The number of thiazole rings is 1. The third-order valence-corrected chi connectivity index (χ3v) is 5.90. The first-order chi connectivity index (χ1) is 13.9. The molecule has 1 fully saturated rings. The van der Waals surface area contributed by atoms with Crippen molar-refractivity contribution in [3.63, 3.8) is 0 Å². The molecule has 29 heavy (non-hydrogen) atoms. The van der Waals surface area contributed by atoms with Crippen molar-refractivity contribution in [2.24, 2.45) is 5.73 Å². The minimum Gasteiger partial charge on any atom is -0.480 e. The van der Waals surface area contributed by atoms with Crippen molar-refractivity contribution >= 4 is 34.0 Å². The molecule has 4 N–H and O–H groups in total. The van der Waals surface area contributed by atoms with Gasteiger partial charge in [0, 0.05) is 50.8 Å². The normalized spacial score (nSPS) is 15.4. The van der Waals surface area contributed by atoms with Gasteiger partial charge < -0.3 is 26.0 Å². The molecule has 0 aliphatic carbocycles. The van der Waals surface area contributed by atoms with Gasteiger partial charge in [-0.15, -0.1) is 0 Å². The smallest absolute Gasteiger partial charge is 0.322 e. The maximum absolute atomic E-state index is 12.6. The van der Waals surface area contributed by atoms with Crippen molar-refractivity contribution in [2.45, 2.75) is 25.8 Å². The number of hydrogen-bond acceptors (Lipinski definition) is 8. The second kappa shape index (κ2) is 9.19. The zero-order valence-corrected chi connectivity index (χ0v) is 17.4. The summed E-state index contributed by atoms with van der Waals surface area (Å²) in [5.74, 6) is -1.40. The van der Waals surface area contributed by atoms with Gasteiger partial charge in [-0.2, -0.15) is 0 Å². The lowest BCUT2D eigenvalue weighted by molar-refractivity contribution is -0.138. The second-order valence-corrected chi connectivity index (χ2v) is 8.18. The monoisotopic (exact) mass is 418 g/mol. The molecule has 156 valence electrons. The number of carboxylic acids is 1. The van der Waals surface area contributed by atoms with Crippen LogP contribution in [0.3, 0.4) is 0 Å². The largest absolute Gasteiger partial charge is 0.480 e. The first-order valence-electron chi connectivity index (χ1n) is 9.54. The molecule has 10 heteroatoms. The van der Waals surface area contributed by atoms with E-state index in [0.717, 1.165) is 42.7 Å². The van der Waals surface area contributed by atoms with Gasteiger partial charge in [-0.1, -0.05) is 25.2 Å². The van der Waals surface area contributed by atoms with Crippen LogP contribution >= 0.6 is 11.3 Å². The Morgan fingerprint density at radius 1 is 1.21 bits per heavy atom. The highest BCUT2D eigenvalue weighted by Gasteiger charge is 2.26. The number of nitrogens with two attached hydrogens (primary N) is 1. The topological polar surface area (TPSA) is 125 Å². The number of aromatic nitrogens is 2. The molecule has 0 bridgehead atoms. The maximum Gasteiger partial charge on any atom is 0.322 e. The minimum absolute atomic E-state index is 0.0759. The zero-order chi connectivity index (χ0) is 21.0. The van der Waals surface area contributed by atoms with Crippen LogP contribution in [0.4, 0.5) is 10.8 Å². The highest BCUT2D eigenvalue weighted by molar-refractivity contribution is 7.17. The molecule has 0 aromatic carbocycles. The van der Waals surface area contributed by atoms with Gasteiger partial charge in [-0.25, -0.2) is 4.98 Å². The van der Waals surface area contributed by atoms with Gasteiger partial charge in [-0.3, -0.25) is 14.6 Å². The SMILES string of the molecule is CC(C)c1nc(N2CCN(c3ccncc3)CC2)sc1C(=O)NC[C@H](N)C(=O)O. The molecule has 3 heterocycles. The molecular formula is C19H26N6O3S. The summed E-state index contributed by atoms with van der Waals surface area (Å²) in [6, 6.07) is 2.87. The Balaban J connectivity index is 1.68. The molecule has 3 rings (SSSR count). The summed E-state index contributed by atoms with van der Waals surface area (Å²) < 4.78 is 0. The van der Waals surface area contributed by atoms with E-state index in [4.69, 9.17) is 15.8 Å². The number of rotatable bonds is 7. The summed E-state index contributed by atoms with van der Waals surface area (Å²) in [6.07, 6.45) is 3.58. The van der Waals surface area contributed by atoms with E-state index in [2.05, 4.69) is 20.1 Å². The fourth-order valence-electron chi connectivity index (χ4n) is 3.09. The van der Waals surface area contributed by atoms with E-state index in [1.54, 1.807) is 12.4 Å². The summed E-state index contributed by atoms with van der Waals surface area (Å²) >= 11 is 1.35. The molecule has 0 saturated carbocycles. The predicted molar refractivity (Wildman–Crippen MR) is 113 cm³/mol. The molecule has 1 saturated heterocycles. The van der Waals surface area contributed by atoms with E-state index in [1.807, 2.05) is 26.0 Å². The number of nitrogens with one attached hydrogen (secondary N) is 1. The Kier molecular flexibility index (Phi) is 6.65. The van der Waals surface area contributed by atoms with Crippen molar-refractivity contribution in [3.8, 4) is 0 Å². The number of pyridine rings is 1. The fourth-order valence-corrected chi connectivity index (χ4v) is 4.28. The summed E-state index contributed by atoms with van der Waals surface area (Å²) in [5, 5.41) is 12.3. The van der Waals surface area contributed by atoms with Gasteiger partial charge in [-0.05, 0) is 18.1 Å². The Bertz CT molecular complexity index is 849. The van der Waals surface area contributed by atoms with Crippen LogP contribution in [0.5, 0.6) is 0 Å². The van der Waals surface area contributed by atoms with Crippen LogP contribution in [0.25, 0.3) is 0 Å². The number of piperazine rings is 1. The Morgan fingerprint density at radius 3 is 2.41 bits per heavy atom. The summed E-state index contributed by atoms with van der Waals surface area (Å²) in [4.78, 5) is 37.3. The van der Waals surface area contributed by atoms with E-state index in [0.29, 0.717) is 4.88 Å². The number of carbonyl (C=O) groups excluding carboxylic acids is 1. The number of carboxylic acid groups (broad SMARTS) is 1. The second-order valence-electron chi connectivity index (χ2n) is 7.20. The number of aliphatic carboxylic acids is 1. The Morgan fingerprint density at radius 2 is 1.83 bits per heavy atom. The zero-order valence-electron chi connectivity index (χ0n) is 16.5. The van der Waals surface area contributed by atoms with Gasteiger partial charge in [0.1, 0.15) is 10.9 Å².